The van der Waals surface area contributed by atoms with Crippen LogP contribution in [0, 0.1) is 0 Å². The number of hydrogen-bond donors (Lipinski definition) is 2. The van der Waals surface area contributed by atoms with Crippen LogP contribution in [0.5, 0.6) is 5.75 Å². The van der Waals surface area contributed by atoms with E-state index in [0.29, 0.717) is 36.7 Å². The van der Waals surface area contributed by atoms with Crippen LogP contribution in [0.4, 0.5) is 0 Å². The summed E-state index contributed by atoms with van der Waals surface area (Å²) in [5.41, 5.74) is 2.55. The molecule has 0 saturated carbocycles. The lowest BCUT2D eigenvalue weighted by molar-refractivity contribution is 0.0662. The number of carbonyl (C=O) groups is 2. The minimum absolute atomic E-state index is 0.0170. The molecule has 9 heteroatoms. The summed E-state index contributed by atoms with van der Waals surface area (Å²) in [4.78, 5) is 35.2. The number of amides is 2. The van der Waals surface area contributed by atoms with Gasteiger partial charge in [0.25, 0.3) is 11.8 Å². The highest BCUT2D eigenvalue weighted by Gasteiger charge is 2.30. The molecule has 1 aliphatic heterocycles. The lowest BCUT2D eigenvalue weighted by Gasteiger charge is -2.31. The molecule has 4 rings (SSSR count). The molecular formula is C23H27N5O4. The van der Waals surface area contributed by atoms with Gasteiger partial charge in [-0.1, -0.05) is 12.1 Å². The number of rotatable bonds is 6. The zero-order valence-corrected chi connectivity index (χ0v) is 18.5. The van der Waals surface area contributed by atoms with E-state index in [4.69, 9.17) is 14.2 Å². The van der Waals surface area contributed by atoms with Gasteiger partial charge in [-0.25, -0.2) is 4.98 Å². The molecule has 9 nitrogen and oxygen atoms in total. The van der Waals surface area contributed by atoms with E-state index in [1.54, 1.807) is 25.1 Å². The number of imidazole rings is 1. The second-order valence-electron chi connectivity index (χ2n) is 7.78. The van der Waals surface area contributed by atoms with Gasteiger partial charge in [-0.05, 0) is 43.5 Å². The lowest BCUT2D eigenvalue weighted by atomic mass is 9.97. The number of aryl methyl sites for hydroxylation is 1. The average Bonchev–Trinajstić information content (AvgIpc) is 3.51. The highest BCUT2D eigenvalue weighted by molar-refractivity contribution is 5.98. The van der Waals surface area contributed by atoms with Crippen molar-refractivity contribution < 1.29 is 18.8 Å². The molecule has 3 aromatic rings. The van der Waals surface area contributed by atoms with E-state index in [0.717, 1.165) is 29.8 Å². The van der Waals surface area contributed by atoms with Gasteiger partial charge in [-0.15, -0.1) is 0 Å². The summed E-state index contributed by atoms with van der Waals surface area (Å²) in [5.74, 6) is 1.25. The molecule has 2 aromatic heterocycles. The second kappa shape index (κ2) is 9.25. The lowest BCUT2D eigenvalue weighted by Crippen LogP contribution is -2.39. The van der Waals surface area contributed by atoms with E-state index in [1.807, 2.05) is 31.2 Å². The van der Waals surface area contributed by atoms with Crippen LogP contribution in [-0.4, -0.2) is 59.1 Å². The van der Waals surface area contributed by atoms with Gasteiger partial charge in [-0.3, -0.25) is 9.59 Å². The van der Waals surface area contributed by atoms with Crippen molar-refractivity contribution in [2.24, 2.45) is 0 Å². The van der Waals surface area contributed by atoms with E-state index in [9.17, 15) is 9.59 Å². The summed E-state index contributed by atoms with van der Waals surface area (Å²) in [5, 5.41) is 6.59. The van der Waals surface area contributed by atoms with Gasteiger partial charge in [0.2, 0.25) is 5.76 Å². The smallest absolute Gasteiger partial charge is 0.292 e. The Bertz CT molecular complexity index is 1100. The van der Waals surface area contributed by atoms with Crippen LogP contribution in [0.25, 0.3) is 11.3 Å². The van der Waals surface area contributed by atoms with Crippen LogP contribution < -0.4 is 10.1 Å². The Morgan fingerprint density at radius 3 is 2.75 bits per heavy atom. The second-order valence-corrected chi connectivity index (χ2v) is 7.78. The zero-order valence-electron chi connectivity index (χ0n) is 18.5. The van der Waals surface area contributed by atoms with Gasteiger partial charge in [0.05, 0.1) is 12.8 Å². The molecule has 2 N–H and O–H groups in total. The third-order valence-corrected chi connectivity index (χ3v) is 5.77. The Kier molecular flexibility index (Phi) is 6.25. The normalized spacial score (nSPS) is 16.1. The largest absolute Gasteiger partial charge is 0.497 e. The molecule has 168 valence electrons. The quantitative estimate of drug-likeness (QED) is 0.613. The predicted octanol–water partition coefficient (Wildman–Crippen LogP) is 3.02. The maximum Gasteiger partial charge on any atom is 0.292 e. The standard InChI is InChI=1S/C23H27N5O4/c1-4-16-12-18(32-27-16)23(30)28-11-5-6-15(13-28)21-25-19(20(26-21)22(29)24-2)14-7-9-17(31-3)10-8-14/h7-10,12,15H,4-6,11,13H2,1-3H3,(H,24,29)(H,25,26). The SMILES string of the molecule is CCc1cc(C(=O)N2CCCC(c3nc(-c4ccc(OC)cc4)c(C(=O)NC)[nH]3)C2)on1. The maximum absolute atomic E-state index is 12.9. The number of piperidine rings is 1. The number of nitrogens with one attached hydrogen (secondary N) is 2. The number of nitrogens with zero attached hydrogens (tertiary/aromatic N) is 3. The van der Waals surface area contributed by atoms with E-state index < -0.39 is 0 Å². The Hall–Kier alpha value is -3.62. The number of likely N-dealkylation sites (tertiary alicyclic amines) is 1. The monoisotopic (exact) mass is 437 g/mol. The first-order valence-corrected chi connectivity index (χ1v) is 10.7. The van der Waals surface area contributed by atoms with Crippen molar-refractivity contribution in [1.82, 2.24) is 25.3 Å². The summed E-state index contributed by atoms with van der Waals surface area (Å²) in [6.45, 7) is 3.10. The number of ether oxygens (including phenoxy) is 1. The molecule has 1 aromatic carbocycles. The molecule has 1 aliphatic rings. The molecule has 32 heavy (non-hydrogen) atoms. The molecule has 3 heterocycles. The Morgan fingerprint density at radius 1 is 1.31 bits per heavy atom. The summed E-state index contributed by atoms with van der Waals surface area (Å²) >= 11 is 0. The average molecular weight is 438 g/mol. The first kappa shape index (κ1) is 21.6. The third-order valence-electron chi connectivity index (χ3n) is 5.77. The summed E-state index contributed by atoms with van der Waals surface area (Å²) < 4.78 is 10.5. The van der Waals surface area contributed by atoms with Crippen molar-refractivity contribution in [1.29, 1.82) is 0 Å². The first-order chi connectivity index (χ1) is 15.5. The number of hydrogen-bond acceptors (Lipinski definition) is 6. The molecule has 0 spiro atoms. The fourth-order valence-electron chi connectivity index (χ4n) is 3.95. The topological polar surface area (TPSA) is 113 Å². The van der Waals surface area contributed by atoms with Crippen molar-refractivity contribution in [2.75, 3.05) is 27.2 Å². The number of aromatic nitrogens is 3. The van der Waals surface area contributed by atoms with Crippen LogP contribution in [0.2, 0.25) is 0 Å². The minimum atomic E-state index is -0.243. The van der Waals surface area contributed by atoms with E-state index in [1.165, 1.54) is 0 Å². The van der Waals surface area contributed by atoms with E-state index in [-0.39, 0.29) is 23.5 Å². The van der Waals surface area contributed by atoms with Crippen molar-refractivity contribution in [3.8, 4) is 17.0 Å². The van der Waals surface area contributed by atoms with Crippen molar-refractivity contribution in [3.05, 3.63) is 53.3 Å². The zero-order chi connectivity index (χ0) is 22.7. The van der Waals surface area contributed by atoms with Gasteiger partial charge >= 0.3 is 0 Å². The van der Waals surface area contributed by atoms with Crippen LogP contribution in [-0.2, 0) is 6.42 Å². The predicted molar refractivity (Wildman–Crippen MR) is 118 cm³/mol. The van der Waals surface area contributed by atoms with Crippen molar-refractivity contribution >= 4 is 11.8 Å². The Balaban J connectivity index is 1.60. The van der Waals surface area contributed by atoms with Crippen LogP contribution in [0.3, 0.4) is 0 Å². The highest BCUT2D eigenvalue weighted by Crippen LogP contribution is 2.31. The molecule has 2 amide bonds. The molecule has 1 unspecified atom stereocenters. The van der Waals surface area contributed by atoms with E-state index >= 15 is 0 Å². The summed E-state index contributed by atoms with van der Waals surface area (Å²) in [7, 11) is 3.19. The van der Waals surface area contributed by atoms with Gasteiger partial charge in [0.15, 0.2) is 0 Å². The maximum atomic E-state index is 12.9. The summed E-state index contributed by atoms with van der Waals surface area (Å²) in [6, 6.07) is 9.11. The summed E-state index contributed by atoms with van der Waals surface area (Å²) in [6.07, 6.45) is 2.41. The van der Waals surface area contributed by atoms with Gasteiger partial charge in [-0.2, -0.15) is 0 Å². The molecule has 1 fully saturated rings. The van der Waals surface area contributed by atoms with E-state index in [2.05, 4.69) is 15.5 Å². The van der Waals surface area contributed by atoms with Crippen molar-refractivity contribution in [2.45, 2.75) is 32.1 Å². The minimum Gasteiger partial charge on any atom is -0.497 e. The first-order valence-electron chi connectivity index (χ1n) is 10.7. The molecule has 0 aliphatic carbocycles. The molecular weight excluding hydrogens is 410 g/mol. The number of benzene rings is 1. The van der Waals surface area contributed by atoms with Gasteiger partial charge in [0.1, 0.15) is 23.0 Å². The van der Waals surface area contributed by atoms with Crippen LogP contribution in [0.15, 0.2) is 34.9 Å². The Labute approximate surface area is 186 Å². The van der Waals surface area contributed by atoms with Crippen LogP contribution >= 0.6 is 0 Å². The van der Waals surface area contributed by atoms with Crippen molar-refractivity contribution in [3.63, 3.8) is 0 Å². The number of H-pyrrole nitrogens is 1. The van der Waals surface area contributed by atoms with Gasteiger partial charge in [0, 0.05) is 37.7 Å². The molecule has 1 atom stereocenters. The third kappa shape index (κ3) is 4.23. The van der Waals surface area contributed by atoms with Gasteiger partial charge < -0.3 is 24.5 Å². The highest BCUT2D eigenvalue weighted by atomic mass is 16.5. The molecule has 0 bridgehead atoms. The number of carbonyl (C=O) groups excluding carboxylic acids is 2. The van der Waals surface area contributed by atoms with Crippen LogP contribution in [0.1, 0.15) is 58.2 Å². The molecule has 0 radical (unpaired) electrons. The number of aromatic amines is 1. The fraction of sp³-hybridized carbons (Fsp3) is 0.391. The molecule has 1 saturated heterocycles. The number of methoxy groups -OCH3 is 1. The Morgan fingerprint density at radius 2 is 2.09 bits per heavy atom. The fourth-order valence-corrected chi connectivity index (χ4v) is 3.95.